The minimum Gasteiger partial charge on any atom is -0.321 e. The summed E-state index contributed by atoms with van der Waals surface area (Å²) in [6, 6.07) is 20.9. The van der Waals surface area contributed by atoms with Gasteiger partial charge < -0.3 is 16.0 Å². The van der Waals surface area contributed by atoms with Crippen molar-refractivity contribution in [1.29, 1.82) is 0 Å². The van der Waals surface area contributed by atoms with Crippen LogP contribution in [-0.4, -0.2) is 28.5 Å². The van der Waals surface area contributed by atoms with Crippen LogP contribution in [0.15, 0.2) is 100 Å². The molecule has 0 unspecified atom stereocenters. The smallest absolute Gasteiger partial charge is 0.272 e. The van der Waals surface area contributed by atoms with Crippen LogP contribution in [0.1, 0.15) is 15.9 Å². The van der Waals surface area contributed by atoms with Crippen LogP contribution < -0.4 is 16.0 Å². The van der Waals surface area contributed by atoms with E-state index in [-0.39, 0.29) is 23.3 Å². The van der Waals surface area contributed by atoms with Gasteiger partial charge in [0.05, 0.1) is 10.8 Å². The number of carbonyl (C=O) groups is 3. The van der Waals surface area contributed by atoms with Crippen molar-refractivity contribution < 1.29 is 14.4 Å². The molecule has 4 rings (SSSR count). The fourth-order valence-electron chi connectivity index (χ4n) is 3.11. The molecule has 0 radical (unpaired) electrons. The molecule has 0 aliphatic rings. The molecular formula is C27H21ClN4O3S2. The molecule has 0 aliphatic heterocycles. The van der Waals surface area contributed by atoms with Gasteiger partial charge in [0.1, 0.15) is 11.5 Å². The molecule has 186 valence electrons. The lowest BCUT2D eigenvalue weighted by Crippen LogP contribution is -2.30. The Balaban J connectivity index is 1.40. The van der Waals surface area contributed by atoms with E-state index in [4.69, 9.17) is 11.6 Å². The molecule has 37 heavy (non-hydrogen) atoms. The normalized spacial score (nSPS) is 11.0. The van der Waals surface area contributed by atoms with E-state index in [0.717, 1.165) is 10.5 Å². The number of anilines is 2. The van der Waals surface area contributed by atoms with Gasteiger partial charge in [0.25, 0.3) is 11.8 Å². The van der Waals surface area contributed by atoms with Gasteiger partial charge in [-0.25, -0.2) is 4.98 Å². The number of hydrogen-bond donors (Lipinski definition) is 3. The number of pyridine rings is 1. The molecule has 4 aromatic rings. The molecule has 3 N–H and O–H groups in total. The lowest BCUT2D eigenvalue weighted by atomic mass is 10.2. The SMILES string of the molecule is O=C(CSc1cccc(NC(=O)/C(=C/c2ccsc2)NC(=O)c2ccccc2)c1)Nc1ccc(Cl)cn1. The van der Waals surface area contributed by atoms with E-state index in [2.05, 4.69) is 20.9 Å². The summed E-state index contributed by atoms with van der Waals surface area (Å²) in [6.45, 7) is 0. The predicted molar refractivity (Wildman–Crippen MR) is 150 cm³/mol. The van der Waals surface area contributed by atoms with Crippen LogP contribution in [0.5, 0.6) is 0 Å². The third-order valence-corrected chi connectivity index (χ3v) is 6.76. The Labute approximate surface area is 227 Å². The predicted octanol–water partition coefficient (Wildman–Crippen LogP) is 5.94. The van der Waals surface area contributed by atoms with Gasteiger partial charge >= 0.3 is 0 Å². The van der Waals surface area contributed by atoms with Crippen molar-refractivity contribution in [1.82, 2.24) is 10.3 Å². The van der Waals surface area contributed by atoms with Crippen LogP contribution in [-0.2, 0) is 9.59 Å². The zero-order valence-corrected chi connectivity index (χ0v) is 21.7. The zero-order valence-electron chi connectivity index (χ0n) is 19.3. The maximum Gasteiger partial charge on any atom is 0.272 e. The van der Waals surface area contributed by atoms with Crippen molar-refractivity contribution in [3.8, 4) is 0 Å². The van der Waals surface area contributed by atoms with Crippen molar-refractivity contribution in [2.45, 2.75) is 4.90 Å². The summed E-state index contributed by atoms with van der Waals surface area (Å²) >= 11 is 8.62. The van der Waals surface area contributed by atoms with Crippen molar-refractivity contribution in [2.24, 2.45) is 0 Å². The fourth-order valence-corrected chi connectivity index (χ4v) is 4.59. The number of nitrogens with zero attached hydrogens (tertiary/aromatic N) is 1. The van der Waals surface area contributed by atoms with E-state index in [9.17, 15) is 14.4 Å². The number of nitrogens with one attached hydrogen (secondary N) is 3. The number of rotatable bonds is 9. The van der Waals surface area contributed by atoms with Gasteiger partial charge in [-0.05, 0) is 70.9 Å². The first-order valence-corrected chi connectivity index (χ1v) is 13.3. The van der Waals surface area contributed by atoms with Crippen molar-refractivity contribution in [2.75, 3.05) is 16.4 Å². The number of thiophene rings is 1. The molecular weight excluding hydrogens is 528 g/mol. The first kappa shape index (κ1) is 26.2. The van der Waals surface area contributed by atoms with E-state index >= 15 is 0 Å². The average Bonchev–Trinajstić information content (AvgIpc) is 3.42. The van der Waals surface area contributed by atoms with E-state index in [1.807, 2.05) is 29.0 Å². The average molecular weight is 549 g/mol. The topological polar surface area (TPSA) is 100 Å². The van der Waals surface area contributed by atoms with Gasteiger partial charge in [-0.3, -0.25) is 14.4 Å². The van der Waals surface area contributed by atoms with Crippen molar-refractivity contribution >= 4 is 70.0 Å². The second kappa shape index (κ2) is 12.9. The highest BCUT2D eigenvalue weighted by Crippen LogP contribution is 2.23. The monoisotopic (exact) mass is 548 g/mol. The number of aromatic nitrogens is 1. The molecule has 2 heterocycles. The van der Waals surface area contributed by atoms with Crippen molar-refractivity contribution in [3.63, 3.8) is 0 Å². The number of benzene rings is 2. The molecule has 7 nitrogen and oxygen atoms in total. The molecule has 2 aromatic heterocycles. The number of halogens is 1. The summed E-state index contributed by atoms with van der Waals surface area (Å²) in [5.41, 5.74) is 1.88. The highest BCUT2D eigenvalue weighted by molar-refractivity contribution is 8.00. The van der Waals surface area contributed by atoms with Crippen LogP contribution in [0.4, 0.5) is 11.5 Å². The van der Waals surface area contributed by atoms with Crippen LogP contribution in [0, 0.1) is 0 Å². The Hall–Kier alpha value is -3.92. The summed E-state index contributed by atoms with van der Waals surface area (Å²) in [5.74, 6) is -0.512. The molecule has 0 saturated heterocycles. The van der Waals surface area contributed by atoms with Gasteiger partial charge in [-0.1, -0.05) is 35.9 Å². The van der Waals surface area contributed by atoms with Gasteiger partial charge in [0, 0.05) is 22.3 Å². The second-order valence-electron chi connectivity index (χ2n) is 7.62. The Bertz CT molecular complexity index is 1410. The number of thioether (sulfide) groups is 1. The molecule has 0 atom stereocenters. The summed E-state index contributed by atoms with van der Waals surface area (Å²) in [6.07, 6.45) is 3.08. The van der Waals surface area contributed by atoms with Crippen molar-refractivity contribution in [3.05, 3.63) is 112 Å². The number of hydrogen-bond acceptors (Lipinski definition) is 6. The summed E-state index contributed by atoms with van der Waals surface area (Å²) in [7, 11) is 0. The summed E-state index contributed by atoms with van der Waals surface area (Å²) in [4.78, 5) is 42.9. The van der Waals surface area contributed by atoms with E-state index < -0.39 is 5.91 Å². The molecule has 0 fully saturated rings. The lowest BCUT2D eigenvalue weighted by Gasteiger charge is -2.12. The summed E-state index contributed by atoms with van der Waals surface area (Å²) < 4.78 is 0. The molecule has 0 bridgehead atoms. The third kappa shape index (κ3) is 8.04. The summed E-state index contributed by atoms with van der Waals surface area (Å²) in [5, 5.41) is 12.5. The Morgan fingerprint density at radius 1 is 0.973 bits per heavy atom. The molecule has 0 aliphatic carbocycles. The Morgan fingerprint density at radius 3 is 2.54 bits per heavy atom. The maximum atomic E-state index is 13.1. The zero-order chi connectivity index (χ0) is 26.0. The molecule has 0 spiro atoms. The highest BCUT2D eigenvalue weighted by atomic mass is 35.5. The molecule has 2 aromatic carbocycles. The molecule has 0 saturated carbocycles. The Kier molecular flexibility index (Phi) is 9.09. The third-order valence-electron chi connectivity index (χ3n) is 4.84. The van der Waals surface area contributed by atoms with E-state index in [0.29, 0.717) is 22.1 Å². The van der Waals surface area contributed by atoms with Crippen LogP contribution in [0.25, 0.3) is 6.08 Å². The van der Waals surface area contributed by atoms with Crippen LogP contribution >= 0.6 is 34.7 Å². The highest BCUT2D eigenvalue weighted by Gasteiger charge is 2.15. The largest absolute Gasteiger partial charge is 0.321 e. The quantitative estimate of drug-likeness (QED) is 0.178. The minimum absolute atomic E-state index is 0.111. The second-order valence-corrected chi connectivity index (χ2v) is 9.88. The van der Waals surface area contributed by atoms with Gasteiger partial charge in [0.15, 0.2) is 0 Å². The van der Waals surface area contributed by atoms with Crippen LogP contribution in [0.3, 0.4) is 0 Å². The number of carbonyl (C=O) groups excluding carboxylic acids is 3. The van der Waals surface area contributed by atoms with Gasteiger partial charge in [-0.2, -0.15) is 11.3 Å². The van der Waals surface area contributed by atoms with E-state index in [1.54, 1.807) is 60.7 Å². The molecule has 3 amide bonds. The standard InChI is InChI=1S/C27H21ClN4O3S2/c28-20-9-10-24(29-15-20)32-25(33)17-37-22-8-4-7-21(14-22)30-27(35)23(13-18-11-12-36-16-18)31-26(34)19-5-2-1-3-6-19/h1-16H,17H2,(H,30,35)(H,31,34)(H,29,32,33)/b23-13-. The van der Waals surface area contributed by atoms with Crippen LogP contribution in [0.2, 0.25) is 5.02 Å². The Morgan fingerprint density at radius 2 is 1.81 bits per heavy atom. The molecule has 10 heteroatoms. The van der Waals surface area contributed by atoms with E-state index in [1.165, 1.54) is 29.3 Å². The van der Waals surface area contributed by atoms with Gasteiger partial charge in [0.2, 0.25) is 5.91 Å². The first-order valence-electron chi connectivity index (χ1n) is 11.0. The van der Waals surface area contributed by atoms with Gasteiger partial charge in [-0.15, -0.1) is 11.8 Å². The maximum absolute atomic E-state index is 13.1. The number of amides is 3. The first-order chi connectivity index (χ1) is 18.0. The lowest BCUT2D eigenvalue weighted by molar-refractivity contribution is -0.114. The fraction of sp³-hybridized carbons (Fsp3) is 0.0370. The minimum atomic E-state index is -0.468.